The Balaban J connectivity index is 1.59. The molecule has 142 valence electrons. The molecule has 28 heavy (non-hydrogen) atoms. The molecule has 0 bridgehead atoms. The molecule has 6 heteroatoms. The molecule has 1 aromatic heterocycles. The van der Waals surface area contributed by atoms with E-state index in [0.717, 1.165) is 30.4 Å². The van der Waals surface area contributed by atoms with Crippen molar-refractivity contribution in [2.45, 2.75) is 25.3 Å². The lowest BCUT2D eigenvalue weighted by atomic mass is 10.0. The maximum Gasteiger partial charge on any atom is 0.278 e. The van der Waals surface area contributed by atoms with Crippen LogP contribution in [0.1, 0.15) is 28.9 Å². The lowest BCUT2D eigenvalue weighted by Gasteiger charge is -2.25. The van der Waals surface area contributed by atoms with Gasteiger partial charge >= 0.3 is 0 Å². The van der Waals surface area contributed by atoms with Crippen LogP contribution in [-0.4, -0.2) is 38.5 Å². The van der Waals surface area contributed by atoms with Crippen LogP contribution in [0, 0.1) is 0 Å². The Hall–Kier alpha value is -2.92. The van der Waals surface area contributed by atoms with Gasteiger partial charge in [-0.2, -0.15) is 0 Å². The number of carbonyl (C=O) groups excluding carboxylic acids is 1. The first kappa shape index (κ1) is 18.4. The highest BCUT2D eigenvalue weighted by Crippen LogP contribution is 2.27. The number of likely N-dealkylation sites (tertiary alicyclic amines) is 1. The minimum absolute atomic E-state index is 0.000604. The minimum atomic E-state index is -0.335. The second-order valence-electron chi connectivity index (χ2n) is 6.92. The Morgan fingerprint density at radius 3 is 2.79 bits per heavy atom. The SMILES string of the molecule is O=C(c1nc(-c2ccccc2)cnc1O)N1CCC[C@H]1Cc1cccc(Cl)c1. The summed E-state index contributed by atoms with van der Waals surface area (Å²) in [5.41, 5.74) is 2.50. The second-order valence-corrected chi connectivity index (χ2v) is 7.36. The number of carbonyl (C=O) groups is 1. The van der Waals surface area contributed by atoms with E-state index in [2.05, 4.69) is 9.97 Å². The first-order valence-electron chi connectivity index (χ1n) is 9.28. The van der Waals surface area contributed by atoms with Gasteiger partial charge in [-0.05, 0) is 37.0 Å². The predicted octanol–water partition coefficient (Wildman–Crippen LogP) is 4.35. The minimum Gasteiger partial charge on any atom is -0.492 e. The summed E-state index contributed by atoms with van der Waals surface area (Å²) in [6.07, 6.45) is 4.03. The van der Waals surface area contributed by atoms with Crippen molar-refractivity contribution in [2.75, 3.05) is 6.54 Å². The summed E-state index contributed by atoms with van der Waals surface area (Å²) in [7, 11) is 0. The number of nitrogens with zero attached hydrogens (tertiary/aromatic N) is 3. The number of aromatic hydroxyl groups is 1. The van der Waals surface area contributed by atoms with E-state index in [0.29, 0.717) is 17.3 Å². The Bertz CT molecular complexity index is 994. The highest BCUT2D eigenvalue weighted by Gasteiger charge is 2.32. The van der Waals surface area contributed by atoms with Gasteiger partial charge in [0.2, 0.25) is 5.88 Å². The first-order chi connectivity index (χ1) is 13.6. The number of hydrogen-bond acceptors (Lipinski definition) is 4. The summed E-state index contributed by atoms with van der Waals surface area (Å²) in [6, 6.07) is 17.2. The van der Waals surface area contributed by atoms with E-state index in [-0.39, 0.29) is 23.5 Å². The van der Waals surface area contributed by atoms with Crippen molar-refractivity contribution in [3.05, 3.63) is 77.1 Å². The highest BCUT2D eigenvalue weighted by atomic mass is 35.5. The Morgan fingerprint density at radius 2 is 2.00 bits per heavy atom. The summed E-state index contributed by atoms with van der Waals surface area (Å²) in [6.45, 7) is 0.640. The number of benzene rings is 2. The van der Waals surface area contributed by atoms with E-state index < -0.39 is 0 Å². The van der Waals surface area contributed by atoms with Crippen LogP contribution in [0.3, 0.4) is 0 Å². The topological polar surface area (TPSA) is 66.3 Å². The number of hydrogen-bond donors (Lipinski definition) is 1. The quantitative estimate of drug-likeness (QED) is 0.715. The summed E-state index contributed by atoms with van der Waals surface area (Å²) in [5.74, 6) is -0.620. The van der Waals surface area contributed by atoms with Gasteiger partial charge in [-0.1, -0.05) is 54.1 Å². The number of halogens is 1. The van der Waals surface area contributed by atoms with Gasteiger partial charge in [-0.25, -0.2) is 9.97 Å². The third kappa shape index (κ3) is 3.85. The van der Waals surface area contributed by atoms with Crippen molar-refractivity contribution in [2.24, 2.45) is 0 Å². The molecule has 0 saturated carbocycles. The Morgan fingerprint density at radius 1 is 1.18 bits per heavy atom. The van der Waals surface area contributed by atoms with Crippen molar-refractivity contribution in [1.82, 2.24) is 14.9 Å². The fraction of sp³-hybridized carbons (Fsp3) is 0.227. The van der Waals surface area contributed by atoms with Crippen LogP contribution in [0.2, 0.25) is 5.02 Å². The van der Waals surface area contributed by atoms with E-state index in [9.17, 15) is 9.90 Å². The first-order valence-corrected chi connectivity index (χ1v) is 9.66. The van der Waals surface area contributed by atoms with Crippen molar-refractivity contribution in [3.63, 3.8) is 0 Å². The molecule has 1 amide bonds. The van der Waals surface area contributed by atoms with Crippen LogP contribution in [0.4, 0.5) is 0 Å². The smallest absolute Gasteiger partial charge is 0.278 e. The molecule has 0 aliphatic carbocycles. The van der Waals surface area contributed by atoms with E-state index in [1.807, 2.05) is 54.6 Å². The van der Waals surface area contributed by atoms with Crippen molar-refractivity contribution >= 4 is 17.5 Å². The van der Waals surface area contributed by atoms with Gasteiger partial charge in [-0.15, -0.1) is 0 Å². The molecule has 0 spiro atoms. The normalized spacial score (nSPS) is 16.3. The fourth-order valence-electron chi connectivity index (χ4n) is 3.66. The number of amides is 1. The van der Waals surface area contributed by atoms with Crippen LogP contribution in [-0.2, 0) is 6.42 Å². The average Bonchev–Trinajstić information content (AvgIpc) is 3.16. The zero-order chi connectivity index (χ0) is 19.5. The maximum absolute atomic E-state index is 13.2. The maximum atomic E-state index is 13.2. The summed E-state index contributed by atoms with van der Waals surface area (Å²) in [5, 5.41) is 10.9. The lowest BCUT2D eigenvalue weighted by molar-refractivity contribution is 0.0726. The zero-order valence-corrected chi connectivity index (χ0v) is 16.0. The molecule has 2 aromatic carbocycles. The monoisotopic (exact) mass is 393 g/mol. The summed E-state index contributed by atoms with van der Waals surface area (Å²) < 4.78 is 0. The van der Waals surface area contributed by atoms with E-state index in [1.165, 1.54) is 6.20 Å². The molecule has 1 atom stereocenters. The van der Waals surface area contributed by atoms with Crippen LogP contribution in [0.15, 0.2) is 60.8 Å². The molecule has 3 aromatic rings. The number of rotatable bonds is 4. The molecule has 0 unspecified atom stereocenters. The molecule has 1 N–H and O–H groups in total. The van der Waals surface area contributed by atoms with Crippen LogP contribution in [0.25, 0.3) is 11.3 Å². The van der Waals surface area contributed by atoms with E-state index in [1.54, 1.807) is 4.90 Å². The molecule has 1 aliphatic rings. The van der Waals surface area contributed by atoms with E-state index >= 15 is 0 Å². The van der Waals surface area contributed by atoms with Gasteiger partial charge < -0.3 is 10.0 Å². The molecule has 2 heterocycles. The third-order valence-electron chi connectivity index (χ3n) is 5.02. The summed E-state index contributed by atoms with van der Waals surface area (Å²) in [4.78, 5) is 23.4. The van der Waals surface area contributed by atoms with Gasteiger partial charge in [0, 0.05) is 23.2 Å². The van der Waals surface area contributed by atoms with Gasteiger partial charge in [0.15, 0.2) is 5.69 Å². The van der Waals surface area contributed by atoms with Crippen molar-refractivity contribution in [3.8, 4) is 17.1 Å². The Kier molecular flexibility index (Phi) is 5.26. The second kappa shape index (κ2) is 7.98. The number of aromatic nitrogens is 2. The molecule has 1 aliphatic heterocycles. The van der Waals surface area contributed by atoms with Gasteiger partial charge in [-0.3, -0.25) is 4.79 Å². The lowest BCUT2D eigenvalue weighted by Crippen LogP contribution is -2.37. The van der Waals surface area contributed by atoms with Crippen LogP contribution < -0.4 is 0 Å². The molecule has 1 saturated heterocycles. The van der Waals surface area contributed by atoms with Gasteiger partial charge in [0.25, 0.3) is 5.91 Å². The van der Waals surface area contributed by atoms with Crippen LogP contribution >= 0.6 is 11.6 Å². The van der Waals surface area contributed by atoms with Crippen molar-refractivity contribution in [1.29, 1.82) is 0 Å². The highest BCUT2D eigenvalue weighted by molar-refractivity contribution is 6.30. The fourth-order valence-corrected chi connectivity index (χ4v) is 3.87. The molecule has 5 nitrogen and oxygen atoms in total. The average molecular weight is 394 g/mol. The standard InChI is InChI=1S/C22H20ClN3O2/c23-17-9-4-6-15(12-17)13-18-10-5-11-26(18)22(28)20-21(27)24-14-19(25-20)16-7-2-1-3-8-16/h1-4,6-9,12,14,18H,5,10-11,13H2,(H,24,27)/t18-/m0/s1. The molecule has 1 fully saturated rings. The Labute approximate surface area is 168 Å². The summed E-state index contributed by atoms with van der Waals surface area (Å²) >= 11 is 6.09. The van der Waals surface area contributed by atoms with Gasteiger partial charge in [0.05, 0.1) is 11.9 Å². The predicted molar refractivity (Wildman–Crippen MR) is 108 cm³/mol. The van der Waals surface area contributed by atoms with Gasteiger partial charge in [0.1, 0.15) is 0 Å². The van der Waals surface area contributed by atoms with Crippen molar-refractivity contribution < 1.29 is 9.90 Å². The molecular formula is C22H20ClN3O2. The van der Waals surface area contributed by atoms with E-state index in [4.69, 9.17) is 11.6 Å². The molecule has 0 radical (unpaired) electrons. The van der Waals surface area contributed by atoms with Crippen LogP contribution in [0.5, 0.6) is 5.88 Å². The third-order valence-corrected chi connectivity index (χ3v) is 5.26. The zero-order valence-electron chi connectivity index (χ0n) is 15.3. The largest absolute Gasteiger partial charge is 0.492 e. The molecule has 4 rings (SSSR count). The molecular weight excluding hydrogens is 374 g/mol.